The fourth-order valence-electron chi connectivity index (χ4n) is 3.24. The summed E-state index contributed by atoms with van der Waals surface area (Å²) in [6.07, 6.45) is 4.83. The number of ether oxygens (including phenoxy) is 1. The molecule has 2 aromatic heterocycles. The molecule has 1 aromatic carbocycles. The van der Waals surface area contributed by atoms with Crippen molar-refractivity contribution in [3.05, 3.63) is 47.3 Å². The minimum atomic E-state index is -0.529. The third-order valence-electron chi connectivity index (χ3n) is 4.62. The van der Waals surface area contributed by atoms with Gasteiger partial charge in [-0.25, -0.2) is 9.50 Å². The second-order valence-electron chi connectivity index (χ2n) is 6.50. The third-order valence-corrected chi connectivity index (χ3v) is 5.11. The summed E-state index contributed by atoms with van der Waals surface area (Å²) in [5, 5.41) is 17.6. The van der Waals surface area contributed by atoms with E-state index in [1.807, 2.05) is 36.5 Å². The first-order chi connectivity index (χ1) is 12.6. The van der Waals surface area contributed by atoms with E-state index in [4.69, 9.17) is 10.5 Å². The maximum atomic E-state index is 10.0. The van der Waals surface area contributed by atoms with E-state index in [-0.39, 0.29) is 12.1 Å². The molecule has 0 amide bonds. The lowest BCUT2D eigenvalue weighted by atomic mass is 9.91. The van der Waals surface area contributed by atoms with Crippen molar-refractivity contribution in [2.75, 3.05) is 5.32 Å². The minimum Gasteiger partial charge on any atom is -0.488 e. The van der Waals surface area contributed by atoms with Gasteiger partial charge in [-0.2, -0.15) is 5.10 Å². The molecule has 1 saturated carbocycles. The Hall–Kier alpha value is -2.16. The van der Waals surface area contributed by atoms with Crippen molar-refractivity contribution in [2.45, 2.75) is 37.5 Å². The average molecular weight is 418 g/mol. The van der Waals surface area contributed by atoms with E-state index in [1.165, 1.54) is 6.33 Å². The summed E-state index contributed by atoms with van der Waals surface area (Å²) in [5.41, 5.74) is 7.55. The van der Waals surface area contributed by atoms with Gasteiger partial charge in [0.25, 0.3) is 0 Å². The Morgan fingerprint density at radius 2 is 2.19 bits per heavy atom. The van der Waals surface area contributed by atoms with E-state index in [0.29, 0.717) is 18.0 Å². The normalized spacial score (nSPS) is 23.1. The first kappa shape index (κ1) is 17.3. The monoisotopic (exact) mass is 417 g/mol. The Morgan fingerprint density at radius 1 is 1.31 bits per heavy atom. The molecule has 0 saturated heterocycles. The van der Waals surface area contributed by atoms with Crippen LogP contribution in [0.5, 0.6) is 5.75 Å². The highest BCUT2D eigenvalue weighted by Gasteiger charge is 2.28. The smallest absolute Gasteiger partial charge is 0.162 e. The van der Waals surface area contributed by atoms with Crippen LogP contribution in [0.4, 0.5) is 11.5 Å². The molecule has 0 bridgehead atoms. The molecular weight excluding hydrogens is 398 g/mol. The average Bonchev–Trinajstić information content (AvgIpc) is 3.02. The van der Waals surface area contributed by atoms with Gasteiger partial charge in [0.15, 0.2) is 11.6 Å². The van der Waals surface area contributed by atoms with E-state index in [0.717, 1.165) is 28.5 Å². The summed E-state index contributed by atoms with van der Waals surface area (Å²) in [7, 11) is 0. The number of nitrogens with zero attached hydrogens (tertiary/aromatic N) is 3. The van der Waals surface area contributed by atoms with Gasteiger partial charge in [-0.3, -0.25) is 0 Å². The summed E-state index contributed by atoms with van der Waals surface area (Å²) in [4.78, 5) is 4.38. The summed E-state index contributed by atoms with van der Waals surface area (Å²) in [5.74, 6) is 1.35. The lowest BCUT2D eigenvalue weighted by Gasteiger charge is -2.30. The van der Waals surface area contributed by atoms with Crippen LogP contribution >= 0.6 is 15.9 Å². The Morgan fingerprint density at radius 3 is 3.00 bits per heavy atom. The predicted molar refractivity (Wildman–Crippen MR) is 103 cm³/mol. The van der Waals surface area contributed by atoms with E-state index < -0.39 is 6.10 Å². The predicted octanol–water partition coefficient (Wildman–Crippen LogP) is 2.85. The Kier molecular flexibility index (Phi) is 4.80. The van der Waals surface area contributed by atoms with Crippen molar-refractivity contribution < 1.29 is 9.84 Å². The molecule has 0 radical (unpaired) electrons. The molecule has 0 aliphatic heterocycles. The van der Waals surface area contributed by atoms with E-state index in [9.17, 15) is 5.11 Å². The largest absolute Gasteiger partial charge is 0.488 e. The van der Waals surface area contributed by atoms with Gasteiger partial charge < -0.3 is 20.9 Å². The molecule has 3 unspecified atom stereocenters. The van der Waals surface area contributed by atoms with Crippen molar-refractivity contribution in [3.63, 3.8) is 0 Å². The van der Waals surface area contributed by atoms with Crippen LogP contribution in [0.1, 0.15) is 19.3 Å². The zero-order chi connectivity index (χ0) is 18.1. The number of anilines is 2. The van der Waals surface area contributed by atoms with Crippen LogP contribution in [0.2, 0.25) is 0 Å². The summed E-state index contributed by atoms with van der Waals surface area (Å²) < 4.78 is 8.87. The molecule has 3 aromatic rings. The molecule has 1 fully saturated rings. The third kappa shape index (κ3) is 3.53. The molecule has 136 valence electrons. The quantitative estimate of drug-likeness (QED) is 0.603. The lowest BCUT2D eigenvalue weighted by molar-refractivity contribution is 0.0399. The molecule has 1 aliphatic carbocycles. The van der Waals surface area contributed by atoms with Crippen LogP contribution in [-0.4, -0.2) is 38.0 Å². The van der Waals surface area contributed by atoms with Gasteiger partial charge in [0.1, 0.15) is 17.9 Å². The highest BCUT2D eigenvalue weighted by atomic mass is 79.9. The number of aromatic nitrogens is 3. The van der Waals surface area contributed by atoms with Crippen LogP contribution in [0, 0.1) is 0 Å². The number of nitrogens with two attached hydrogens (primary N) is 1. The molecule has 3 atom stereocenters. The molecule has 7 nitrogen and oxygen atoms in total. The number of aliphatic hydroxyl groups excluding tert-OH is 1. The Labute approximate surface area is 159 Å². The number of halogens is 1. The van der Waals surface area contributed by atoms with Crippen LogP contribution in [0.25, 0.3) is 5.52 Å². The molecule has 4 N–H and O–H groups in total. The fraction of sp³-hybridized carbons (Fsp3) is 0.333. The van der Waals surface area contributed by atoms with Gasteiger partial charge >= 0.3 is 0 Å². The lowest BCUT2D eigenvalue weighted by Crippen LogP contribution is -2.43. The van der Waals surface area contributed by atoms with Gasteiger partial charge in [-0.15, -0.1) is 0 Å². The number of fused-ring (bicyclic) bond motifs is 1. The fourth-order valence-corrected chi connectivity index (χ4v) is 3.63. The van der Waals surface area contributed by atoms with E-state index in [2.05, 4.69) is 31.3 Å². The van der Waals surface area contributed by atoms with Crippen molar-refractivity contribution in [1.82, 2.24) is 14.6 Å². The molecule has 1 aliphatic rings. The van der Waals surface area contributed by atoms with Crippen molar-refractivity contribution in [3.8, 4) is 5.75 Å². The number of aliphatic hydroxyl groups is 1. The number of benzene rings is 1. The molecule has 8 heteroatoms. The van der Waals surface area contributed by atoms with Gasteiger partial charge in [0.05, 0.1) is 6.10 Å². The highest BCUT2D eigenvalue weighted by Crippen LogP contribution is 2.32. The number of nitrogens with one attached hydrogen (secondary N) is 1. The topological polar surface area (TPSA) is 97.7 Å². The molecular formula is C18H20BrN5O2. The van der Waals surface area contributed by atoms with Crippen LogP contribution in [0.3, 0.4) is 0 Å². The Bertz CT molecular complexity index is 915. The van der Waals surface area contributed by atoms with Crippen molar-refractivity contribution >= 4 is 33.0 Å². The maximum absolute atomic E-state index is 10.0. The van der Waals surface area contributed by atoms with Crippen LogP contribution in [0.15, 0.2) is 47.3 Å². The number of hydrogen-bond donors (Lipinski definition) is 3. The number of rotatable bonds is 4. The number of hydrogen-bond acceptors (Lipinski definition) is 6. The Balaban J connectivity index is 1.62. The zero-order valence-electron chi connectivity index (χ0n) is 14.0. The highest BCUT2D eigenvalue weighted by molar-refractivity contribution is 9.10. The van der Waals surface area contributed by atoms with Crippen molar-refractivity contribution in [1.29, 1.82) is 0 Å². The minimum absolute atomic E-state index is 0.0741. The zero-order valence-corrected chi connectivity index (χ0v) is 15.6. The molecule has 2 heterocycles. The molecule has 4 rings (SSSR count). The van der Waals surface area contributed by atoms with Crippen LogP contribution < -0.4 is 15.8 Å². The summed E-state index contributed by atoms with van der Waals surface area (Å²) in [6, 6.07) is 9.56. The van der Waals surface area contributed by atoms with Crippen LogP contribution in [-0.2, 0) is 0 Å². The van der Waals surface area contributed by atoms with Gasteiger partial charge in [-0.1, -0.05) is 22.0 Å². The molecule has 0 spiro atoms. The van der Waals surface area contributed by atoms with Gasteiger partial charge in [0.2, 0.25) is 0 Å². The molecule has 26 heavy (non-hydrogen) atoms. The first-order valence-corrected chi connectivity index (χ1v) is 9.34. The summed E-state index contributed by atoms with van der Waals surface area (Å²) in [6.45, 7) is 0. The maximum Gasteiger partial charge on any atom is 0.162 e. The van der Waals surface area contributed by atoms with E-state index in [1.54, 1.807) is 4.52 Å². The SMILES string of the molecule is NC1CCC(Oc2ccn3ncnc(Nc4cccc(Br)c4)c23)CC1O. The second-order valence-corrected chi connectivity index (χ2v) is 7.42. The first-order valence-electron chi connectivity index (χ1n) is 8.55. The van der Waals surface area contributed by atoms with Gasteiger partial charge in [0, 0.05) is 34.9 Å². The second kappa shape index (κ2) is 7.22. The van der Waals surface area contributed by atoms with Crippen molar-refractivity contribution in [2.24, 2.45) is 5.73 Å². The van der Waals surface area contributed by atoms with E-state index >= 15 is 0 Å². The standard InChI is InChI=1S/C18H20BrN5O2/c19-11-2-1-3-12(8-11)23-18-17-16(6-7-24(17)22-10-21-18)26-13-4-5-14(20)15(25)9-13/h1-3,6-8,10,13-15,25H,4-5,9,20H2,(H,21,22,23). The summed E-state index contributed by atoms with van der Waals surface area (Å²) >= 11 is 3.47. The van der Waals surface area contributed by atoms with Gasteiger partial charge in [-0.05, 0) is 31.0 Å².